The number of rotatable bonds is 2. The molecule has 0 amide bonds. The van der Waals surface area contributed by atoms with Gasteiger partial charge in [0.15, 0.2) is 0 Å². The first-order chi connectivity index (χ1) is 6.11. The Balaban J connectivity index is 2.97. The predicted molar refractivity (Wildman–Crippen MR) is 42.7 cm³/mol. The van der Waals surface area contributed by atoms with Crippen LogP contribution in [-0.2, 0) is 4.79 Å². The molecule has 70 valence electrons. The third-order valence-corrected chi connectivity index (χ3v) is 1.41. The van der Waals surface area contributed by atoms with E-state index >= 15 is 0 Å². The van der Waals surface area contributed by atoms with E-state index in [0.29, 0.717) is 0 Å². The molecule has 4 heteroatoms. The number of carbonyl (C=O) groups excluding carboxylic acids is 1. The maximum absolute atomic E-state index is 12.3. The van der Waals surface area contributed by atoms with Crippen LogP contribution in [-0.4, -0.2) is 5.97 Å². The molecule has 2 nitrogen and oxygen atoms in total. The zero-order valence-corrected chi connectivity index (χ0v) is 6.96. The van der Waals surface area contributed by atoms with Gasteiger partial charge in [-0.2, -0.15) is 0 Å². The summed E-state index contributed by atoms with van der Waals surface area (Å²) in [5.74, 6) is -0.682. The lowest BCUT2D eigenvalue weighted by Crippen LogP contribution is -2.03. The summed E-state index contributed by atoms with van der Waals surface area (Å²) < 4.78 is 29.2. The van der Waals surface area contributed by atoms with Crippen molar-refractivity contribution in [3.05, 3.63) is 29.8 Å². The highest BCUT2D eigenvalue weighted by Gasteiger charge is 2.13. The topological polar surface area (TPSA) is 26.3 Å². The van der Waals surface area contributed by atoms with Gasteiger partial charge >= 0.3 is 5.97 Å². The van der Waals surface area contributed by atoms with Gasteiger partial charge in [0.05, 0.1) is 5.56 Å². The molecule has 0 saturated heterocycles. The van der Waals surface area contributed by atoms with Crippen LogP contribution in [0.2, 0.25) is 0 Å². The number of ether oxygens (including phenoxy) is 1. The van der Waals surface area contributed by atoms with Gasteiger partial charge in [0, 0.05) is 6.92 Å². The Bertz CT molecular complexity index is 310. The number of para-hydroxylation sites is 1. The first-order valence-corrected chi connectivity index (χ1v) is 3.66. The van der Waals surface area contributed by atoms with Crippen LogP contribution in [0.1, 0.15) is 18.9 Å². The zero-order valence-electron chi connectivity index (χ0n) is 6.96. The molecular weight excluding hydrogens is 178 g/mol. The van der Waals surface area contributed by atoms with Crippen LogP contribution >= 0.6 is 0 Å². The van der Waals surface area contributed by atoms with Crippen molar-refractivity contribution in [1.82, 2.24) is 0 Å². The number of benzene rings is 1. The molecule has 1 rings (SSSR count). The van der Waals surface area contributed by atoms with Crippen LogP contribution in [0.3, 0.4) is 0 Å². The quantitative estimate of drug-likeness (QED) is 0.524. The largest absolute Gasteiger partial charge is 0.426 e. The second-order valence-corrected chi connectivity index (χ2v) is 2.43. The van der Waals surface area contributed by atoms with E-state index in [4.69, 9.17) is 0 Å². The number of alkyl halides is 2. The van der Waals surface area contributed by atoms with E-state index in [0.717, 1.165) is 0 Å². The van der Waals surface area contributed by atoms with Gasteiger partial charge in [0.1, 0.15) is 5.75 Å². The van der Waals surface area contributed by atoms with Gasteiger partial charge in [0.25, 0.3) is 6.43 Å². The van der Waals surface area contributed by atoms with E-state index < -0.39 is 12.4 Å². The Hall–Kier alpha value is -1.45. The van der Waals surface area contributed by atoms with Gasteiger partial charge in [-0.1, -0.05) is 12.1 Å². The molecule has 0 spiro atoms. The summed E-state index contributed by atoms with van der Waals surface area (Å²) in [6, 6.07) is 5.56. The van der Waals surface area contributed by atoms with Gasteiger partial charge in [-0.15, -0.1) is 0 Å². The van der Waals surface area contributed by atoms with E-state index in [9.17, 15) is 13.6 Å². The number of carbonyl (C=O) groups is 1. The molecular formula is C9H8F2O2. The Labute approximate surface area is 74.1 Å². The molecule has 1 aromatic rings. The summed E-state index contributed by atoms with van der Waals surface area (Å²) in [5.41, 5.74) is -0.266. The number of hydrogen-bond donors (Lipinski definition) is 0. The average molecular weight is 186 g/mol. The van der Waals surface area contributed by atoms with Crippen molar-refractivity contribution in [2.75, 3.05) is 0 Å². The van der Waals surface area contributed by atoms with Gasteiger partial charge in [-0.3, -0.25) is 4.79 Å². The lowest BCUT2D eigenvalue weighted by Gasteiger charge is -2.06. The minimum atomic E-state index is -2.63. The monoisotopic (exact) mass is 186 g/mol. The third kappa shape index (κ3) is 2.50. The fourth-order valence-electron chi connectivity index (χ4n) is 0.909. The van der Waals surface area contributed by atoms with Crippen molar-refractivity contribution in [3.8, 4) is 5.75 Å². The van der Waals surface area contributed by atoms with Gasteiger partial charge in [0.2, 0.25) is 0 Å². The number of esters is 1. The van der Waals surface area contributed by atoms with Crippen molar-refractivity contribution in [2.45, 2.75) is 13.3 Å². The van der Waals surface area contributed by atoms with Crippen LogP contribution in [0.5, 0.6) is 5.75 Å². The average Bonchev–Trinajstić information content (AvgIpc) is 2.03. The molecule has 0 bridgehead atoms. The Kier molecular flexibility index (Phi) is 2.95. The van der Waals surface area contributed by atoms with Crippen LogP contribution < -0.4 is 4.74 Å². The molecule has 0 aliphatic rings. The molecule has 0 N–H and O–H groups in total. The summed E-state index contributed by atoms with van der Waals surface area (Å²) in [4.78, 5) is 10.5. The highest BCUT2D eigenvalue weighted by atomic mass is 19.3. The molecule has 0 aromatic heterocycles. The minimum Gasteiger partial charge on any atom is -0.426 e. The molecule has 0 atom stereocenters. The van der Waals surface area contributed by atoms with E-state index in [-0.39, 0.29) is 11.3 Å². The highest BCUT2D eigenvalue weighted by Crippen LogP contribution is 2.28. The van der Waals surface area contributed by atoms with E-state index in [1.807, 2.05) is 0 Å². The summed E-state index contributed by atoms with van der Waals surface area (Å²) in [6.07, 6.45) is -2.63. The lowest BCUT2D eigenvalue weighted by atomic mass is 10.2. The first-order valence-electron chi connectivity index (χ1n) is 3.66. The van der Waals surface area contributed by atoms with Crippen molar-refractivity contribution < 1.29 is 18.3 Å². The maximum Gasteiger partial charge on any atom is 0.308 e. The fraction of sp³-hybridized carbons (Fsp3) is 0.222. The van der Waals surface area contributed by atoms with Crippen LogP contribution in [0, 0.1) is 0 Å². The van der Waals surface area contributed by atoms with Crippen molar-refractivity contribution in [1.29, 1.82) is 0 Å². The van der Waals surface area contributed by atoms with Gasteiger partial charge in [-0.25, -0.2) is 8.78 Å². The fourth-order valence-corrected chi connectivity index (χ4v) is 0.909. The smallest absolute Gasteiger partial charge is 0.308 e. The van der Waals surface area contributed by atoms with Crippen molar-refractivity contribution in [3.63, 3.8) is 0 Å². The lowest BCUT2D eigenvalue weighted by molar-refractivity contribution is -0.132. The molecule has 0 unspecified atom stereocenters. The second-order valence-electron chi connectivity index (χ2n) is 2.43. The predicted octanol–water partition coefficient (Wildman–Crippen LogP) is 2.55. The number of halogens is 2. The van der Waals surface area contributed by atoms with Crippen molar-refractivity contribution in [2.24, 2.45) is 0 Å². The maximum atomic E-state index is 12.3. The molecule has 0 heterocycles. The summed E-state index contributed by atoms with van der Waals surface area (Å²) >= 11 is 0. The molecule has 0 fully saturated rings. The third-order valence-electron chi connectivity index (χ3n) is 1.41. The first kappa shape index (κ1) is 9.64. The normalized spacial score (nSPS) is 10.2. The molecule has 1 aromatic carbocycles. The summed E-state index contributed by atoms with van der Waals surface area (Å²) in [5, 5.41) is 0. The standard InChI is InChI=1S/C9H8F2O2/c1-6(12)13-8-5-3-2-4-7(8)9(10)11/h2-5,9H,1H3. The second kappa shape index (κ2) is 3.98. The molecule has 0 aliphatic heterocycles. The van der Waals surface area contributed by atoms with Crippen molar-refractivity contribution >= 4 is 5.97 Å². The molecule has 0 radical (unpaired) electrons. The van der Waals surface area contributed by atoms with Gasteiger partial charge < -0.3 is 4.74 Å². The summed E-state index contributed by atoms with van der Waals surface area (Å²) in [7, 11) is 0. The Morgan fingerprint density at radius 3 is 2.54 bits per heavy atom. The highest BCUT2D eigenvalue weighted by molar-refractivity contribution is 5.69. The molecule has 13 heavy (non-hydrogen) atoms. The molecule has 0 saturated carbocycles. The zero-order chi connectivity index (χ0) is 9.84. The minimum absolute atomic E-state index is 0.0787. The summed E-state index contributed by atoms with van der Waals surface area (Å²) in [6.45, 7) is 1.17. The Morgan fingerprint density at radius 2 is 2.00 bits per heavy atom. The van der Waals surface area contributed by atoms with Crippen LogP contribution in [0.25, 0.3) is 0 Å². The van der Waals surface area contributed by atoms with Crippen LogP contribution in [0.4, 0.5) is 8.78 Å². The van der Waals surface area contributed by atoms with E-state index in [2.05, 4.69) is 4.74 Å². The molecule has 0 aliphatic carbocycles. The van der Waals surface area contributed by atoms with Gasteiger partial charge in [-0.05, 0) is 12.1 Å². The Morgan fingerprint density at radius 1 is 1.38 bits per heavy atom. The SMILES string of the molecule is CC(=O)Oc1ccccc1C(F)F. The van der Waals surface area contributed by atoms with E-state index in [1.54, 1.807) is 0 Å². The number of hydrogen-bond acceptors (Lipinski definition) is 2. The van der Waals surface area contributed by atoms with Crippen LogP contribution in [0.15, 0.2) is 24.3 Å². The van der Waals surface area contributed by atoms with E-state index in [1.165, 1.54) is 31.2 Å².